The van der Waals surface area contributed by atoms with Gasteiger partial charge in [0, 0.05) is 15.3 Å². The molecule has 1 unspecified atom stereocenters. The molecule has 0 spiro atoms. The minimum Gasteiger partial charge on any atom is -0.297 e. The van der Waals surface area contributed by atoms with E-state index in [0.717, 1.165) is 9.75 Å². The van der Waals surface area contributed by atoms with Crippen LogP contribution in [0.2, 0.25) is 5.15 Å². The van der Waals surface area contributed by atoms with Crippen LogP contribution in [0.1, 0.15) is 28.3 Å². The third kappa shape index (κ3) is 2.15. The van der Waals surface area contributed by atoms with E-state index in [1.54, 1.807) is 18.3 Å². The topological polar surface area (TPSA) is 54.9 Å². The second-order valence-electron chi connectivity index (χ2n) is 4.17. The van der Waals surface area contributed by atoms with Crippen LogP contribution in [0.25, 0.3) is 0 Å². The first kappa shape index (κ1) is 13.1. The number of halogens is 1. The van der Waals surface area contributed by atoms with E-state index in [2.05, 4.69) is 4.98 Å². The highest BCUT2D eigenvalue weighted by Crippen LogP contribution is 2.23. The number of hydrogen-bond acceptors (Lipinski definition) is 3. The fraction of sp³-hybridized carbons (Fsp3) is 0.333. The lowest BCUT2D eigenvalue weighted by Gasteiger charge is -2.13. The van der Waals surface area contributed by atoms with Crippen LogP contribution in [0.15, 0.2) is 21.7 Å². The van der Waals surface area contributed by atoms with E-state index in [1.165, 1.54) is 4.57 Å². The van der Waals surface area contributed by atoms with Crippen LogP contribution >= 0.6 is 22.9 Å². The summed E-state index contributed by atoms with van der Waals surface area (Å²) in [6, 6.07) is 3.61. The maximum atomic E-state index is 12.1. The summed E-state index contributed by atoms with van der Waals surface area (Å²) in [5.41, 5.74) is -0.465. The fourth-order valence-electron chi connectivity index (χ4n) is 1.77. The summed E-state index contributed by atoms with van der Waals surface area (Å²) in [5, 5.41) is 0.107. The molecule has 0 aliphatic heterocycles. The van der Waals surface area contributed by atoms with Gasteiger partial charge in [-0.05, 0) is 32.9 Å². The highest BCUT2D eigenvalue weighted by atomic mass is 35.5. The van der Waals surface area contributed by atoms with Crippen LogP contribution in [0.4, 0.5) is 0 Å². The van der Waals surface area contributed by atoms with Crippen molar-refractivity contribution in [1.82, 2.24) is 9.55 Å². The van der Waals surface area contributed by atoms with Crippen LogP contribution in [0, 0.1) is 13.8 Å². The summed E-state index contributed by atoms with van der Waals surface area (Å²) < 4.78 is 1.20. The zero-order valence-electron chi connectivity index (χ0n) is 10.3. The monoisotopic (exact) mass is 284 g/mol. The molecule has 0 aromatic carbocycles. The van der Waals surface area contributed by atoms with E-state index in [1.807, 2.05) is 26.0 Å². The molecular weight excluding hydrogens is 272 g/mol. The largest absolute Gasteiger partial charge is 0.330 e. The molecule has 2 rings (SSSR count). The molecule has 0 fully saturated rings. The Hall–Kier alpha value is -1.33. The number of aromatic amines is 1. The Morgan fingerprint density at radius 1 is 1.33 bits per heavy atom. The van der Waals surface area contributed by atoms with Gasteiger partial charge in [0.1, 0.15) is 5.15 Å². The minimum absolute atomic E-state index is 0.107. The van der Waals surface area contributed by atoms with Gasteiger partial charge in [-0.2, -0.15) is 0 Å². The van der Waals surface area contributed by atoms with Crippen molar-refractivity contribution in [3.63, 3.8) is 0 Å². The zero-order valence-corrected chi connectivity index (χ0v) is 11.9. The zero-order chi connectivity index (χ0) is 13.4. The maximum absolute atomic E-state index is 12.1. The number of thiophene rings is 1. The smallest absolute Gasteiger partial charge is 0.297 e. The summed E-state index contributed by atoms with van der Waals surface area (Å²) in [5.74, 6) is 0. The molecule has 0 saturated carbocycles. The van der Waals surface area contributed by atoms with Gasteiger partial charge in [-0.3, -0.25) is 14.3 Å². The molecule has 2 aromatic heterocycles. The Balaban J connectivity index is 2.62. The molecule has 4 nitrogen and oxygen atoms in total. The second kappa shape index (κ2) is 4.74. The minimum atomic E-state index is -0.478. The van der Waals surface area contributed by atoms with Crippen molar-refractivity contribution in [1.29, 1.82) is 0 Å². The molecule has 0 amide bonds. The van der Waals surface area contributed by atoms with E-state index >= 15 is 0 Å². The third-order valence-corrected chi connectivity index (χ3v) is 4.41. The van der Waals surface area contributed by atoms with Crippen molar-refractivity contribution < 1.29 is 0 Å². The van der Waals surface area contributed by atoms with Crippen molar-refractivity contribution in [3.8, 4) is 0 Å². The average Bonchev–Trinajstić information content (AvgIpc) is 2.73. The van der Waals surface area contributed by atoms with E-state index in [-0.39, 0.29) is 16.8 Å². The van der Waals surface area contributed by atoms with E-state index < -0.39 is 5.69 Å². The van der Waals surface area contributed by atoms with Gasteiger partial charge in [0.2, 0.25) is 0 Å². The summed E-state index contributed by atoms with van der Waals surface area (Å²) in [6.07, 6.45) is 0. The lowest BCUT2D eigenvalue weighted by atomic mass is 10.2. The van der Waals surface area contributed by atoms with Gasteiger partial charge in [0.25, 0.3) is 5.56 Å². The number of nitrogens with zero attached hydrogens (tertiary/aromatic N) is 1. The molecule has 0 saturated heterocycles. The number of nitrogens with one attached hydrogen (secondary N) is 1. The lowest BCUT2D eigenvalue weighted by Crippen LogP contribution is -2.38. The predicted octanol–water partition coefficient (Wildman–Crippen LogP) is 2.48. The summed E-state index contributed by atoms with van der Waals surface area (Å²) in [7, 11) is 0. The Labute approximate surface area is 113 Å². The summed E-state index contributed by atoms with van der Waals surface area (Å²) in [6.45, 7) is 5.42. The Morgan fingerprint density at radius 2 is 2.00 bits per heavy atom. The van der Waals surface area contributed by atoms with Crippen LogP contribution < -0.4 is 11.2 Å². The van der Waals surface area contributed by atoms with Gasteiger partial charge in [0.15, 0.2) is 0 Å². The van der Waals surface area contributed by atoms with Gasteiger partial charge < -0.3 is 0 Å². The van der Waals surface area contributed by atoms with Gasteiger partial charge in [-0.1, -0.05) is 11.6 Å². The van der Waals surface area contributed by atoms with Crippen LogP contribution in [0.5, 0.6) is 0 Å². The molecular formula is C12H13ClN2O2S. The van der Waals surface area contributed by atoms with E-state index in [9.17, 15) is 9.59 Å². The highest BCUT2D eigenvalue weighted by Gasteiger charge is 2.17. The summed E-state index contributed by atoms with van der Waals surface area (Å²) >= 11 is 7.35. The number of rotatable bonds is 2. The SMILES string of the molecule is Cc1ccc(C(C)n2c(=O)[nH]c(Cl)c(C)c2=O)s1. The Morgan fingerprint density at radius 3 is 2.56 bits per heavy atom. The first-order valence-electron chi connectivity index (χ1n) is 5.49. The molecule has 0 aliphatic rings. The summed E-state index contributed by atoms with van der Waals surface area (Å²) in [4.78, 5) is 28.6. The molecule has 96 valence electrons. The molecule has 2 heterocycles. The van der Waals surface area contributed by atoms with E-state index in [0.29, 0.717) is 5.56 Å². The molecule has 1 N–H and O–H groups in total. The number of aryl methyl sites for hydroxylation is 1. The van der Waals surface area contributed by atoms with Crippen molar-refractivity contribution >= 4 is 22.9 Å². The van der Waals surface area contributed by atoms with E-state index in [4.69, 9.17) is 11.6 Å². The molecule has 2 aromatic rings. The van der Waals surface area contributed by atoms with Crippen molar-refractivity contribution in [2.75, 3.05) is 0 Å². The highest BCUT2D eigenvalue weighted by molar-refractivity contribution is 7.12. The third-order valence-electron chi connectivity index (χ3n) is 2.86. The van der Waals surface area contributed by atoms with Gasteiger partial charge in [-0.25, -0.2) is 4.79 Å². The van der Waals surface area contributed by atoms with Crippen LogP contribution in [-0.4, -0.2) is 9.55 Å². The van der Waals surface area contributed by atoms with Gasteiger partial charge >= 0.3 is 5.69 Å². The quantitative estimate of drug-likeness (QED) is 0.862. The lowest BCUT2D eigenvalue weighted by molar-refractivity contribution is 0.582. The number of hydrogen-bond donors (Lipinski definition) is 1. The molecule has 0 bridgehead atoms. The van der Waals surface area contributed by atoms with Gasteiger partial charge in [0.05, 0.1) is 6.04 Å². The van der Waals surface area contributed by atoms with Crippen molar-refractivity contribution in [2.24, 2.45) is 0 Å². The molecule has 0 radical (unpaired) electrons. The van der Waals surface area contributed by atoms with Crippen LogP contribution in [-0.2, 0) is 0 Å². The first-order valence-corrected chi connectivity index (χ1v) is 6.68. The molecule has 1 atom stereocenters. The van der Waals surface area contributed by atoms with Gasteiger partial charge in [-0.15, -0.1) is 11.3 Å². The predicted molar refractivity (Wildman–Crippen MR) is 73.9 cm³/mol. The van der Waals surface area contributed by atoms with Crippen LogP contribution in [0.3, 0.4) is 0 Å². The number of aromatic nitrogens is 2. The van der Waals surface area contributed by atoms with Crippen molar-refractivity contribution in [2.45, 2.75) is 26.8 Å². The standard InChI is InChI=1S/C12H13ClN2O2S/c1-6-4-5-9(18-6)8(3)15-11(16)7(2)10(13)14-12(15)17/h4-5,8H,1-3H3,(H,14,17). The average molecular weight is 285 g/mol. The molecule has 18 heavy (non-hydrogen) atoms. The number of H-pyrrole nitrogens is 1. The maximum Gasteiger partial charge on any atom is 0.330 e. The normalized spacial score (nSPS) is 12.7. The second-order valence-corrected chi connectivity index (χ2v) is 5.87. The first-order chi connectivity index (χ1) is 8.41. The molecule has 6 heteroatoms. The Bertz CT molecular complexity index is 699. The fourth-order valence-corrected chi connectivity index (χ4v) is 2.85. The Kier molecular flexibility index (Phi) is 3.45. The molecule has 0 aliphatic carbocycles. The van der Waals surface area contributed by atoms with Crippen molar-refractivity contribution in [3.05, 3.63) is 53.4 Å².